The Morgan fingerprint density at radius 2 is 2.27 bits per heavy atom. The fraction of sp³-hybridized carbons (Fsp3) is 0.455. The molecule has 0 radical (unpaired) electrons. The maximum atomic E-state index is 11.7. The molecule has 4 heteroatoms. The van der Waals surface area contributed by atoms with Gasteiger partial charge in [0.2, 0.25) is 0 Å². The van der Waals surface area contributed by atoms with Gasteiger partial charge in [-0.05, 0) is 25.7 Å². The number of hydrogen-bond acceptors (Lipinski definition) is 2. The first-order valence-electron chi connectivity index (χ1n) is 5.09. The van der Waals surface area contributed by atoms with Crippen LogP contribution in [0.1, 0.15) is 24.2 Å². The average molecular weight is 269 g/mol. The van der Waals surface area contributed by atoms with E-state index in [0.29, 0.717) is 6.54 Å². The molecule has 1 aliphatic rings. The van der Waals surface area contributed by atoms with E-state index in [4.69, 9.17) is 0 Å². The first-order valence-corrected chi connectivity index (χ1v) is 5.88. The van der Waals surface area contributed by atoms with Gasteiger partial charge in [0.05, 0.1) is 18.4 Å². The Bertz CT molecular complexity index is 450. The van der Waals surface area contributed by atoms with Crippen LogP contribution in [-0.2, 0) is 19.4 Å². The second kappa shape index (κ2) is 4.31. The highest BCUT2D eigenvalue weighted by atomic mass is 79.9. The zero-order chi connectivity index (χ0) is 10.8. The SMILES string of the molecule is C=C(Br)Cn1c2c(ncc1=O)CCCC2. The molecule has 0 bridgehead atoms. The Kier molecular flexibility index (Phi) is 3.05. The van der Waals surface area contributed by atoms with Crippen LogP contribution < -0.4 is 5.56 Å². The molecule has 2 rings (SSSR count). The number of halogens is 1. The van der Waals surface area contributed by atoms with Gasteiger partial charge in [-0.1, -0.05) is 22.5 Å². The second-order valence-electron chi connectivity index (χ2n) is 3.80. The number of rotatable bonds is 2. The van der Waals surface area contributed by atoms with Gasteiger partial charge in [0.1, 0.15) is 0 Å². The van der Waals surface area contributed by atoms with E-state index in [1.165, 1.54) is 12.6 Å². The van der Waals surface area contributed by atoms with E-state index in [0.717, 1.165) is 35.1 Å². The van der Waals surface area contributed by atoms with Crippen LogP contribution in [-0.4, -0.2) is 9.55 Å². The Hall–Kier alpha value is -0.900. The summed E-state index contributed by atoms with van der Waals surface area (Å²) in [7, 11) is 0. The van der Waals surface area contributed by atoms with Crippen molar-refractivity contribution in [2.24, 2.45) is 0 Å². The first-order chi connectivity index (χ1) is 7.18. The molecule has 0 atom stereocenters. The third-order valence-electron chi connectivity index (χ3n) is 2.66. The molecule has 1 heterocycles. The van der Waals surface area contributed by atoms with Gasteiger partial charge in [0.25, 0.3) is 5.56 Å². The maximum Gasteiger partial charge on any atom is 0.269 e. The lowest BCUT2D eigenvalue weighted by atomic mass is 10.0. The highest BCUT2D eigenvalue weighted by Crippen LogP contribution is 2.18. The van der Waals surface area contributed by atoms with Gasteiger partial charge in [-0.15, -0.1) is 0 Å². The van der Waals surface area contributed by atoms with Crippen molar-refractivity contribution in [1.82, 2.24) is 9.55 Å². The summed E-state index contributed by atoms with van der Waals surface area (Å²) in [5.74, 6) is 0. The molecule has 1 aromatic rings. The number of hydrogen-bond donors (Lipinski definition) is 0. The minimum Gasteiger partial charge on any atom is -0.305 e. The zero-order valence-corrected chi connectivity index (χ0v) is 10.1. The van der Waals surface area contributed by atoms with Crippen molar-refractivity contribution < 1.29 is 0 Å². The van der Waals surface area contributed by atoms with Gasteiger partial charge in [0, 0.05) is 10.2 Å². The molecule has 0 N–H and O–H groups in total. The Labute approximate surface area is 97.0 Å². The van der Waals surface area contributed by atoms with Crippen molar-refractivity contribution in [2.45, 2.75) is 32.2 Å². The Morgan fingerprint density at radius 1 is 1.53 bits per heavy atom. The number of aryl methyl sites for hydroxylation is 1. The molecular weight excluding hydrogens is 256 g/mol. The predicted molar refractivity (Wildman–Crippen MR) is 63.2 cm³/mol. The zero-order valence-electron chi connectivity index (χ0n) is 8.50. The van der Waals surface area contributed by atoms with Crippen molar-refractivity contribution in [1.29, 1.82) is 0 Å². The van der Waals surface area contributed by atoms with E-state index in [1.54, 1.807) is 4.57 Å². The summed E-state index contributed by atoms with van der Waals surface area (Å²) in [5, 5.41) is 0. The highest BCUT2D eigenvalue weighted by Gasteiger charge is 2.15. The average Bonchev–Trinajstić information content (AvgIpc) is 2.22. The van der Waals surface area contributed by atoms with Crippen molar-refractivity contribution in [3.8, 4) is 0 Å². The highest BCUT2D eigenvalue weighted by molar-refractivity contribution is 9.11. The molecule has 1 aromatic heterocycles. The molecule has 3 nitrogen and oxygen atoms in total. The minimum atomic E-state index is -0.0312. The summed E-state index contributed by atoms with van der Waals surface area (Å²) in [5.41, 5.74) is 2.14. The normalized spacial score (nSPS) is 14.7. The van der Waals surface area contributed by atoms with E-state index >= 15 is 0 Å². The molecule has 0 amide bonds. The molecule has 15 heavy (non-hydrogen) atoms. The van der Waals surface area contributed by atoms with Gasteiger partial charge in [0.15, 0.2) is 0 Å². The van der Waals surface area contributed by atoms with Crippen molar-refractivity contribution in [3.63, 3.8) is 0 Å². The number of aromatic nitrogens is 2. The number of nitrogens with zero attached hydrogens (tertiary/aromatic N) is 2. The van der Waals surface area contributed by atoms with Crippen LogP contribution in [0.5, 0.6) is 0 Å². The van der Waals surface area contributed by atoms with E-state index in [1.807, 2.05) is 0 Å². The number of fused-ring (bicyclic) bond motifs is 1. The van der Waals surface area contributed by atoms with E-state index in [9.17, 15) is 4.79 Å². The molecule has 0 aromatic carbocycles. The quantitative estimate of drug-likeness (QED) is 0.823. The lowest BCUT2D eigenvalue weighted by Gasteiger charge is -2.19. The standard InChI is InChI=1S/C11H13BrN2O/c1-8(12)7-14-10-5-3-2-4-9(10)13-6-11(14)15/h6H,1-5,7H2. The van der Waals surface area contributed by atoms with Crippen LogP contribution in [0, 0.1) is 0 Å². The summed E-state index contributed by atoms with van der Waals surface area (Å²) in [6.07, 6.45) is 5.68. The monoisotopic (exact) mass is 268 g/mol. The molecule has 0 saturated heterocycles. The summed E-state index contributed by atoms with van der Waals surface area (Å²) < 4.78 is 2.60. The Balaban J connectivity index is 2.50. The molecule has 1 aliphatic carbocycles. The molecule has 0 aliphatic heterocycles. The summed E-state index contributed by atoms with van der Waals surface area (Å²) >= 11 is 3.30. The largest absolute Gasteiger partial charge is 0.305 e. The molecular formula is C11H13BrN2O. The fourth-order valence-electron chi connectivity index (χ4n) is 1.98. The first kappa shape index (κ1) is 10.6. The molecule has 80 valence electrons. The van der Waals surface area contributed by atoms with Gasteiger partial charge < -0.3 is 4.57 Å². The van der Waals surface area contributed by atoms with Crippen LogP contribution >= 0.6 is 15.9 Å². The van der Waals surface area contributed by atoms with Crippen LogP contribution in [0.15, 0.2) is 22.1 Å². The molecule has 0 unspecified atom stereocenters. The van der Waals surface area contributed by atoms with Crippen LogP contribution in [0.3, 0.4) is 0 Å². The summed E-state index contributed by atoms with van der Waals surface area (Å²) in [6.45, 7) is 4.32. The van der Waals surface area contributed by atoms with Crippen LogP contribution in [0.25, 0.3) is 0 Å². The summed E-state index contributed by atoms with van der Waals surface area (Å²) in [4.78, 5) is 15.9. The van der Waals surface area contributed by atoms with Gasteiger partial charge in [-0.2, -0.15) is 0 Å². The van der Waals surface area contributed by atoms with Crippen molar-refractivity contribution in [2.75, 3.05) is 0 Å². The predicted octanol–water partition coefficient (Wildman–Crippen LogP) is 2.03. The van der Waals surface area contributed by atoms with E-state index < -0.39 is 0 Å². The van der Waals surface area contributed by atoms with E-state index in [2.05, 4.69) is 27.5 Å². The van der Waals surface area contributed by atoms with Crippen LogP contribution in [0.2, 0.25) is 0 Å². The topological polar surface area (TPSA) is 34.9 Å². The lowest BCUT2D eigenvalue weighted by Crippen LogP contribution is -2.27. The minimum absolute atomic E-state index is 0.0312. The van der Waals surface area contributed by atoms with Gasteiger partial charge >= 0.3 is 0 Å². The molecule has 0 saturated carbocycles. The smallest absolute Gasteiger partial charge is 0.269 e. The molecule has 0 fully saturated rings. The summed E-state index contributed by atoms with van der Waals surface area (Å²) in [6, 6.07) is 0. The Morgan fingerprint density at radius 3 is 3.00 bits per heavy atom. The third kappa shape index (κ3) is 2.20. The van der Waals surface area contributed by atoms with E-state index in [-0.39, 0.29) is 5.56 Å². The lowest BCUT2D eigenvalue weighted by molar-refractivity contribution is 0.587. The van der Waals surface area contributed by atoms with Crippen molar-refractivity contribution >= 4 is 15.9 Å². The van der Waals surface area contributed by atoms with Gasteiger partial charge in [-0.3, -0.25) is 9.78 Å². The van der Waals surface area contributed by atoms with Crippen molar-refractivity contribution in [3.05, 3.63) is 39.0 Å². The second-order valence-corrected chi connectivity index (χ2v) is 4.92. The molecule has 0 spiro atoms. The van der Waals surface area contributed by atoms with Gasteiger partial charge in [-0.25, -0.2) is 0 Å². The van der Waals surface area contributed by atoms with Crippen LogP contribution in [0.4, 0.5) is 0 Å². The fourth-order valence-corrected chi connectivity index (χ4v) is 2.23. The third-order valence-corrected chi connectivity index (χ3v) is 2.91. The number of allylic oxidation sites excluding steroid dienone is 1. The maximum absolute atomic E-state index is 11.7.